The Morgan fingerprint density at radius 3 is 0.974 bits per heavy atom. The van der Waals surface area contributed by atoms with Crippen molar-refractivity contribution in [3.05, 3.63) is 146 Å². The summed E-state index contributed by atoms with van der Waals surface area (Å²) in [5.41, 5.74) is 5.59. The van der Waals surface area contributed by atoms with Crippen LogP contribution in [0.5, 0.6) is 0 Å². The van der Waals surface area contributed by atoms with E-state index in [0.717, 1.165) is 11.3 Å². The molecule has 0 amide bonds. The summed E-state index contributed by atoms with van der Waals surface area (Å²) in [6.07, 6.45) is 27.3. The molecular formula is C64H112I3N8OV. The molecule has 9 rings (SSSR count). The Hall–Kier alpha value is -2.28. The van der Waals surface area contributed by atoms with E-state index in [1.807, 2.05) is 36.4 Å². The number of carbonyl (C=O) groups excluding carboxylic acids is 1. The van der Waals surface area contributed by atoms with Gasteiger partial charge in [0.15, 0.2) is 5.78 Å². The third-order valence-corrected chi connectivity index (χ3v) is 7.90. The van der Waals surface area contributed by atoms with E-state index in [1.165, 1.54) is 31.2 Å². The van der Waals surface area contributed by atoms with Crippen molar-refractivity contribution in [2.45, 2.75) is 211 Å². The van der Waals surface area contributed by atoms with Crippen molar-refractivity contribution in [1.29, 1.82) is 0 Å². The zero-order chi connectivity index (χ0) is 61.1. The summed E-state index contributed by atoms with van der Waals surface area (Å²) in [4.78, 5) is 21.2. The van der Waals surface area contributed by atoms with Crippen LogP contribution < -0.4 is 0 Å². The molecule has 0 unspecified atom stereocenters. The van der Waals surface area contributed by atoms with E-state index < -0.39 is 0 Å². The molecule has 9 nitrogen and oxygen atoms in total. The van der Waals surface area contributed by atoms with Gasteiger partial charge in [-0.05, 0) is 104 Å². The Kier molecular flexibility index (Phi) is 49.2. The standard InChI is InChI=1S/C10H14.C9H16.C6H6O.C5H5N.5C5H12.C4H4N2.C3H4N2.C2H3N3.3HI.V/c1-10(2,3)9-7-5-4-6-8-9;1-8(2,3)9-4-7(5-9)6-9;7-6-4-2-1-3-5-6;1-2-4-6-5-3-1;5*1-5(2,3)4;1-2-5-4-6-3-1;2*1-2-4-5-3-1;;;;/h4-8H,1-3H3;7H,4-6H2,1-3H3;1-4H,5H2;1-5H;5*1-4H3;1-4H;1-3H,(H,4,5);1-2H,(H,3,4,5);3*1H;/q;;;;;;;;;;;;;;;+3/p-3. The summed E-state index contributed by atoms with van der Waals surface area (Å²) in [5, 5.41) is 15.5. The Morgan fingerprint density at radius 2 is 0.857 bits per heavy atom. The fourth-order valence-electron chi connectivity index (χ4n) is 4.78. The minimum atomic E-state index is -0.278. The number of hydrogen-bond donors (Lipinski definition) is 2. The van der Waals surface area contributed by atoms with Crippen molar-refractivity contribution >= 4 is 65.7 Å². The molecule has 13 heteroatoms. The largest absolute Gasteiger partial charge is 0.286 e. The number of allylic oxidation sites excluding steroid dienone is 4. The average molecular weight is 1440 g/mol. The quantitative estimate of drug-likeness (QED) is 0.148. The molecule has 4 aliphatic carbocycles. The molecule has 440 valence electrons. The fourth-order valence-corrected chi connectivity index (χ4v) is 4.78. The number of benzene rings is 1. The predicted molar refractivity (Wildman–Crippen MR) is 361 cm³/mol. The first-order valence-electron chi connectivity index (χ1n) is 26.7. The maximum absolute atomic E-state index is 10.3. The number of pyridine rings is 1. The first-order valence-corrected chi connectivity index (χ1v) is 40.3. The van der Waals surface area contributed by atoms with Crippen LogP contribution in [0.4, 0.5) is 0 Å². The molecule has 3 saturated carbocycles. The van der Waals surface area contributed by atoms with Crippen LogP contribution in [-0.2, 0) is 15.1 Å². The molecule has 5 aromatic rings. The smallest absolute Gasteiger partial charge is 0.115 e. The third-order valence-electron chi connectivity index (χ3n) is 7.90. The number of nitrogens with zero attached hydrogens (tertiary/aromatic N) is 6. The van der Waals surface area contributed by atoms with Crippen LogP contribution in [0.1, 0.15) is 211 Å². The van der Waals surface area contributed by atoms with E-state index in [-0.39, 0.29) is 10.7 Å². The van der Waals surface area contributed by atoms with Crippen LogP contribution >= 0.6 is 59.9 Å². The number of nitrogens with one attached hydrogen (secondary N) is 2. The molecule has 0 radical (unpaired) electrons. The number of aromatic nitrogens is 8. The SMILES string of the molecule is CC(C)(C)C.CC(C)(C)C.CC(C)(C)C.CC(C)(C)C.CC(C)(C)C.CC(C)(C)C12CC(C1)C2.CC(C)(C)c1ccccc1.O=C1C=CC=CC1.[I][V]([I])[I].c1ccncc1.c1cn[nH]c1.c1cn[nH]n1.c1cncnc1. The fraction of sp³-hybridized carbons (Fsp3) is 0.609. The molecule has 0 aliphatic heterocycles. The van der Waals surface area contributed by atoms with Crippen molar-refractivity contribution in [3.63, 3.8) is 0 Å². The van der Waals surface area contributed by atoms with Crippen molar-refractivity contribution < 1.29 is 9.72 Å². The number of aromatic amines is 2. The molecule has 4 aliphatic rings. The van der Waals surface area contributed by atoms with Gasteiger partial charge >= 0.3 is 64.9 Å². The summed E-state index contributed by atoms with van der Waals surface area (Å²) in [6, 6.07) is 19.9. The topological polar surface area (TPSA) is 126 Å². The van der Waals surface area contributed by atoms with E-state index in [2.05, 4.69) is 311 Å². The molecule has 0 spiro atoms. The minimum absolute atomic E-state index is 0.197. The Balaban J connectivity index is -0.000000246. The second-order valence-electron chi connectivity index (χ2n) is 28.6. The molecular weight excluding hydrogens is 1330 g/mol. The van der Waals surface area contributed by atoms with E-state index >= 15 is 0 Å². The summed E-state index contributed by atoms with van der Waals surface area (Å²) >= 11 is 7.39. The number of ketones is 1. The van der Waals surface area contributed by atoms with E-state index in [4.69, 9.17) is 0 Å². The molecule has 77 heavy (non-hydrogen) atoms. The maximum Gasteiger partial charge on any atom is 0.115 e. The van der Waals surface area contributed by atoms with Gasteiger partial charge in [0.25, 0.3) is 0 Å². The Labute approximate surface area is 512 Å². The van der Waals surface area contributed by atoms with Crippen LogP contribution in [-0.4, -0.2) is 46.3 Å². The van der Waals surface area contributed by atoms with E-state index in [1.54, 1.807) is 67.8 Å². The van der Waals surface area contributed by atoms with Crippen LogP contribution in [0, 0.1) is 43.8 Å². The van der Waals surface area contributed by atoms with Gasteiger partial charge in [-0.15, -0.1) is 0 Å². The summed E-state index contributed by atoms with van der Waals surface area (Å²) in [7, 11) is 0. The third kappa shape index (κ3) is 87.8. The second kappa shape index (κ2) is 45.4. The summed E-state index contributed by atoms with van der Waals surface area (Å²) in [5.74, 6) is 1.34. The normalized spacial score (nSPS) is 15.4. The molecule has 4 aromatic heterocycles. The zero-order valence-corrected chi connectivity index (χ0v) is 61.2. The van der Waals surface area contributed by atoms with Crippen LogP contribution in [0.25, 0.3) is 0 Å². The van der Waals surface area contributed by atoms with Crippen molar-refractivity contribution in [1.82, 2.24) is 40.6 Å². The van der Waals surface area contributed by atoms with Gasteiger partial charge in [0, 0.05) is 43.6 Å². The Bertz CT molecular complexity index is 1770. The van der Waals surface area contributed by atoms with E-state index in [9.17, 15) is 4.79 Å². The van der Waals surface area contributed by atoms with Crippen LogP contribution in [0.3, 0.4) is 0 Å². The molecule has 1 aromatic carbocycles. The van der Waals surface area contributed by atoms with Gasteiger partial charge in [-0.25, -0.2) is 9.97 Å². The van der Waals surface area contributed by atoms with Gasteiger partial charge in [-0.3, -0.25) is 14.9 Å². The maximum atomic E-state index is 10.3. The summed E-state index contributed by atoms with van der Waals surface area (Å²) in [6.45, 7) is 57.6. The molecule has 0 atom stereocenters. The Morgan fingerprint density at radius 1 is 0.481 bits per heavy atom. The van der Waals surface area contributed by atoms with Crippen molar-refractivity contribution in [2.75, 3.05) is 0 Å². The first kappa shape index (κ1) is 83.5. The van der Waals surface area contributed by atoms with Gasteiger partial charge in [0.2, 0.25) is 0 Å². The number of hydrogen-bond acceptors (Lipinski definition) is 7. The second-order valence-corrected chi connectivity index (χ2v) is 64.0. The van der Waals surface area contributed by atoms with Crippen molar-refractivity contribution in [2.24, 2.45) is 43.8 Å². The number of halogens is 3. The molecule has 2 N–H and O–H groups in total. The predicted octanol–water partition coefficient (Wildman–Crippen LogP) is 21.6. The minimum Gasteiger partial charge on any atom is -0.286 e. The summed E-state index contributed by atoms with van der Waals surface area (Å²) < 4.78 is 0. The van der Waals surface area contributed by atoms with Gasteiger partial charge < -0.3 is 0 Å². The molecule has 4 heterocycles. The van der Waals surface area contributed by atoms with Crippen molar-refractivity contribution in [3.8, 4) is 0 Å². The molecule has 0 saturated heterocycles. The van der Waals surface area contributed by atoms with Crippen LogP contribution in [0.15, 0.2) is 141 Å². The number of H-pyrrole nitrogens is 2. The van der Waals surface area contributed by atoms with Crippen LogP contribution in [0.2, 0.25) is 0 Å². The first-order chi connectivity index (χ1) is 34.8. The van der Waals surface area contributed by atoms with Gasteiger partial charge in [-0.1, -0.05) is 235 Å². The average Bonchev–Trinajstić information content (AvgIpc) is 4.00. The number of carbonyl (C=O) groups is 1. The molecule has 3 fully saturated rings. The van der Waals surface area contributed by atoms with Gasteiger partial charge in [0.1, 0.15) is 6.33 Å². The van der Waals surface area contributed by atoms with Gasteiger partial charge in [-0.2, -0.15) is 20.5 Å². The molecule has 2 bridgehead atoms. The zero-order valence-electron chi connectivity index (χ0n) is 53.4. The monoisotopic (exact) mass is 1440 g/mol. The van der Waals surface area contributed by atoms with E-state index in [0.29, 0.717) is 44.3 Å². The number of rotatable bonds is 0. The van der Waals surface area contributed by atoms with Gasteiger partial charge in [0.05, 0.1) is 12.4 Å².